The van der Waals surface area contributed by atoms with E-state index in [0.717, 1.165) is 12.0 Å². The van der Waals surface area contributed by atoms with Crippen molar-refractivity contribution in [3.05, 3.63) is 35.4 Å². The summed E-state index contributed by atoms with van der Waals surface area (Å²) in [6.45, 7) is 2.07. The lowest BCUT2D eigenvalue weighted by molar-refractivity contribution is -0.119. The number of hydrogen-bond donors (Lipinski definition) is 2. The van der Waals surface area contributed by atoms with E-state index >= 15 is 0 Å². The number of nitrogens with two attached hydrogens (primary N) is 2. The number of amides is 1. The van der Waals surface area contributed by atoms with Crippen molar-refractivity contribution in [2.75, 3.05) is 0 Å². The highest BCUT2D eigenvalue weighted by atomic mass is 16.1. The van der Waals surface area contributed by atoms with E-state index in [0.29, 0.717) is 0 Å². The third-order valence-corrected chi connectivity index (χ3v) is 2.05. The Bertz CT molecular complexity index is 292. The normalized spacial score (nSPS) is 12.5. The Morgan fingerprint density at radius 3 is 2.31 bits per heavy atom. The van der Waals surface area contributed by atoms with Gasteiger partial charge in [0.05, 0.1) is 0 Å². The number of primary amides is 1. The highest BCUT2D eigenvalue weighted by molar-refractivity contribution is 5.81. The summed E-state index contributed by atoms with van der Waals surface area (Å²) in [6.07, 6.45) is 0.978. The molecule has 0 aliphatic rings. The lowest BCUT2D eigenvalue weighted by Crippen LogP contribution is -2.28. The van der Waals surface area contributed by atoms with Gasteiger partial charge in [0, 0.05) is 0 Å². The van der Waals surface area contributed by atoms with Gasteiger partial charge in [0.2, 0.25) is 5.91 Å². The molecule has 70 valence electrons. The van der Waals surface area contributed by atoms with Gasteiger partial charge in [0.1, 0.15) is 6.04 Å². The first-order chi connectivity index (χ1) is 6.15. The van der Waals surface area contributed by atoms with Crippen molar-refractivity contribution in [2.24, 2.45) is 11.5 Å². The molecule has 0 fully saturated rings. The molecule has 1 aromatic rings. The van der Waals surface area contributed by atoms with Crippen molar-refractivity contribution < 1.29 is 4.79 Å². The topological polar surface area (TPSA) is 69.1 Å². The van der Waals surface area contributed by atoms with E-state index in [1.54, 1.807) is 0 Å². The fourth-order valence-corrected chi connectivity index (χ4v) is 1.12. The average molecular weight is 178 g/mol. The second kappa shape index (κ2) is 4.05. The molecule has 3 heteroatoms. The van der Waals surface area contributed by atoms with E-state index in [4.69, 9.17) is 11.5 Å². The summed E-state index contributed by atoms with van der Waals surface area (Å²) >= 11 is 0. The standard InChI is InChI=1S/C10H14N2O/c1-2-7-3-5-8(6-4-7)9(11)10(12)13/h3-6,9H,2,11H2,1H3,(H2,12,13)/t9-/m1/s1. The first-order valence-corrected chi connectivity index (χ1v) is 4.29. The largest absolute Gasteiger partial charge is 0.368 e. The molecular formula is C10H14N2O. The second-order valence-corrected chi connectivity index (χ2v) is 2.98. The zero-order valence-electron chi connectivity index (χ0n) is 7.66. The molecule has 1 rings (SSSR count). The van der Waals surface area contributed by atoms with Gasteiger partial charge < -0.3 is 11.5 Å². The molecule has 0 bridgehead atoms. The Kier molecular flexibility index (Phi) is 3.03. The molecule has 0 unspecified atom stereocenters. The quantitative estimate of drug-likeness (QED) is 0.716. The van der Waals surface area contributed by atoms with Crippen LogP contribution < -0.4 is 11.5 Å². The number of carbonyl (C=O) groups excluding carboxylic acids is 1. The zero-order chi connectivity index (χ0) is 9.84. The first-order valence-electron chi connectivity index (χ1n) is 4.29. The Hall–Kier alpha value is -1.35. The van der Waals surface area contributed by atoms with Crippen molar-refractivity contribution in [1.29, 1.82) is 0 Å². The van der Waals surface area contributed by atoms with Gasteiger partial charge >= 0.3 is 0 Å². The molecule has 0 aliphatic carbocycles. The monoisotopic (exact) mass is 178 g/mol. The summed E-state index contributed by atoms with van der Waals surface area (Å²) in [4.78, 5) is 10.8. The van der Waals surface area contributed by atoms with Gasteiger partial charge in [0.15, 0.2) is 0 Å². The van der Waals surface area contributed by atoms with Gasteiger partial charge in [-0.2, -0.15) is 0 Å². The van der Waals surface area contributed by atoms with Crippen LogP contribution in [-0.2, 0) is 11.2 Å². The fourth-order valence-electron chi connectivity index (χ4n) is 1.12. The third-order valence-electron chi connectivity index (χ3n) is 2.05. The van der Waals surface area contributed by atoms with Crippen LogP contribution in [0.5, 0.6) is 0 Å². The minimum atomic E-state index is -0.689. The maximum Gasteiger partial charge on any atom is 0.238 e. The minimum Gasteiger partial charge on any atom is -0.368 e. The van der Waals surface area contributed by atoms with Gasteiger partial charge in [-0.3, -0.25) is 4.79 Å². The number of carbonyl (C=O) groups is 1. The summed E-state index contributed by atoms with van der Waals surface area (Å²) < 4.78 is 0. The van der Waals surface area contributed by atoms with Crippen LogP contribution in [0.3, 0.4) is 0 Å². The second-order valence-electron chi connectivity index (χ2n) is 2.98. The van der Waals surface area contributed by atoms with Crippen LogP contribution >= 0.6 is 0 Å². The molecule has 1 atom stereocenters. The van der Waals surface area contributed by atoms with Crippen molar-refractivity contribution in [3.63, 3.8) is 0 Å². The SMILES string of the molecule is CCc1ccc([C@@H](N)C(N)=O)cc1. The molecule has 1 aromatic carbocycles. The predicted octanol–water partition coefficient (Wildman–Crippen LogP) is 0.734. The van der Waals surface area contributed by atoms with E-state index in [9.17, 15) is 4.79 Å². The number of rotatable bonds is 3. The van der Waals surface area contributed by atoms with Crippen molar-refractivity contribution >= 4 is 5.91 Å². The zero-order valence-corrected chi connectivity index (χ0v) is 7.66. The molecule has 13 heavy (non-hydrogen) atoms. The van der Waals surface area contributed by atoms with Crippen LogP contribution in [0.15, 0.2) is 24.3 Å². The summed E-state index contributed by atoms with van der Waals surface area (Å²) in [6, 6.07) is 6.91. The number of hydrogen-bond acceptors (Lipinski definition) is 2. The lowest BCUT2D eigenvalue weighted by Gasteiger charge is -2.07. The summed E-state index contributed by atoms with van der Waals surface area (Å²) in [7, 11) is 0. The Labute approximate surface area is 77.7 Å². The third kappa shape index (κ3) is 2.29. The molecule has 0 heterocycles. The lowest BCUT2D eigenvalue weighted by atomic mass is 10.0. The smallest absolute Gasteiger partial charge is 0.238 e. The fraction of sp³-hybridized carbons (Fsp3) is 0.300. The minimum absolute atomic E-state index is 0.496. The van der Waals surface area contributed by atoms with E-state index in [-0.39, 0.29) is 0 Å². The van der Waals surface area contributed by atoms with Crippen LogP contribution in [0.1, 0.15) is 24.1 Å². The molecule has 3 nitrogen and oxygen atoms in total. The Balaban J connectivity index is 2.85. The molecule has 1 amide bonds. The van der Waals surface area contributed by atoms with Gasteiger partial charge in [-0.15, -0.1) is 0 Å². The van der Waals surface area contributed by atoms with Crippen molar-refractivity contribution in [2.45, 2.75) is 19.4 Å². The molecular weight excluding hydrogens is 164 g/mol. The Morgan fingerprint density at radius 2 is 1.92 bits per heavy atom. The van der Waals surface area contributed by atoms with Gasteiger partial charge in [-0.1, -0.05) is 31.2 Å². The van der Waals surface area contributed by atoms with Crippen LogP contribution in [0.4, 0.5) is 0 Å². The summed E-state index contributed by atoms with van der Waals surface area (Å²) in [5, 5.41) is 0. The highest BCUT2D eigenvalue weighted by Gasteiger charge is 2.10. The number of benzene rings is 1. The first kappa shape index (κ1) is 9.74. The van der Waals surface area contributed by atoms with E-state index < -0.39 is 11.9 Å². The molecule has 0 saturated carbocycles. The number of aryl methyl sites for hydroxylation is 1. The van der Waals surface area contributed by atoms with Crippen LogP contribution in [0, 0.1) is 0 Å². The maximum atomic E-state index is 10.8. The van der Waals surface area contributed by atoms with Crippen LogP contribution in [0.2, 0.25) is 0 Å². The Morgan fingerprint density at radius 1 is 1.38 bits per heavy atom. The van der Waals surface area contributed by atoms with Gasteiger partial charge in [-0.25, -0.2) is 0 Å². The molecule has 0 aromatic heterocycles. The van der Waals surface area contributed by atoms with Gasteiger partial charge in [-0.05, 0) is 17.5 Å². The maximum absolute atomic E-state index is 10.8. The molecule has 0 aliphatic heterocycles. The van der Waals surface area contributed by atoms with Gasteiger partial charge in [0.25, 0.3) is 0 Å². The molecule has 0 saturated heterocycles. The van der Waals surface area contributed by atoms with E-state index in [1.165, 1.54) is 5.56 Å². The van der Waals surface area contributed by atoms with Crippen LogP contribution in [0.25, 0.3) is 0 Å². The van der Waals surface area contributed by atoms with E-state index in [2.05, 4.69) is 6.92 Å². The summed E-state index contributed by atoms with van der Waals surface area (Å²) in [5.41, 5.74) is 12.6. The van der Waals surface area contributed by atoms with Crippen molar-refractivity contribution in [3.8, 4) is 0 Å². The molecule has 0 spiro atoms. The highest BCUT2D eigenvalue weighted by Crippen LogP contribution is 2.11. The van der Waals surface area contributed by atoms with E-state index in [1.807, 2.05) is 24.3 Å². The average Bonchev–Trinajstić information content (AvgIpc) is 2.17. The van der Waals surface area contributed by atoms with Crippen molar-refractivity contribution in [1.82, 2.24) is 0 Å². The summed E-state index contributed by atoms with van der Waals surface area (Å²) in [5.74, 6) is -0.496. The molecule has 0 radical (unpaired) electrons. The molecule has 4 N–H and O–H groups in total. The predicted molar refractivity (Wildman–Crippen MR) is 51.9 cm³/mol. The van der Waals surface area contributed by atoms with Crippen LogP contribution in [-0.4, -0.2) is 5.91 Å².